The number of benzene rings is 2. The Morgan fingerprint density at radius 2 is 1.83 bits per heavy atom. The van der Waals surface area contributed by atoms with E-state index in [1.807, 2.05) is 12.1 Å². The maximum absolute atomic E-state index is 12.5. The summed E-state index contributed by atoms with van der Waals surface area (Å²) >= 11 is 0. The summed E-state index contributed by atoms with van der Waals surface area (Å²) in [5.41, 5.74) is 3.46. The molecule has 0 saturated heterocycles. The van der Waals surface area contributed by atoms with Crippen LogP contribution in [0, 0.1) is 0 Å². The van der Waals surface area contributed by atoms with Gasteiger partial charge in [0.2, 0.25) is 5.78 Å². The van der Waals surface area contributed by atoms with Crippen molar-refractivity contribution in [1.82, 2.24) is 4.98 Å². The van der Waals surface area contributed by atoms with Gasteiger partial charge >= 0.3 is 0 Å². The van der Waals surface area contributed by atoms with Crippen molar-refractivity contribution in [2.75, 3.05) is 6.61 Å². The van der Waals surface area contributed by atoms with Gasteiger partial charge in [-0.25, -0.2) is 0 Å². The van der Waals surface area contributed by atoms with E-state index in [0.717, 1.165) is 17.3 Å². The van der Waals surface area contributed by atoms with Crippen molar-refractivity contribution in [3.8, 4) is 5.75 Å². The first-order valence-electron chi connectivity index (χ1n) is 7.96. The average molecular weight is 321 g/mol. The number of hydrogen-bond acceptors (Lipinski definition) is 3. The van der Waals surface area contributed by atoms with Gasteiger partial charge in [0.05, 0.1) is 0 Å². The van der Waals surface area contributed by atoms with Crippen LogP contribution in [0.25, 0.3) is 10.9 Å². The van der Waals surface area contributed by atoms with Gasteiger partial charge in [0.15, 0.2) is 12.4 Å². The number of fused-ring (bicyclic) bond motifs is 1. The maximum atomic E-state index is 12.5. The molecule has 0 amide bonds. The highest BCUT2D eigenvalue weighted by atomic mass is 16.5. The van der Waals surface area contributed by atoms with Gasteiger partial charge in [-0.1, -0.05) is 25.1 Å². The van der Waals surface area contributed by atoms with E-state index in [9.17, 15) is 9.59 Å². The molecular weight excluding hydrogens is 302 g/mol. The summed E-state index contributed by atoms with van der Waals surface area (Å²) < 4.78 is 5.56. The van der Waals surface area contributed by atoms with E-state index in [2.05, 4.69) is 18.0 Å². The Kier molecular flexibility index (Phi) is 4.47. The molecule has 2 aromatic carbocycles. The van der Waals surface area contributed by atoms with Crippen LogP contribution < -0.4 is 4.74 Å². The lowest BCUT2D eigenvalue weighted by molar-refractivity contribution is 0.0922. The standard InChI is InChI=1S/C20H19NO3/c1-3-14-5-4-6-17-18(11-21-20(14)17)19(23)12-24-16-9-7-15(8-10-16)13(2)22/h4-11,21H,3,12H2,1-2H3. The largest absolute Gasteiger partial charge is 0.485 e. The number of aromatic nitrogens is 1. The lowest BCUT2D eigenvalue weighted by Gasteiger charge is -2.06. The van der Waals surface area contributed by atoms with Crippen molar-refractivity contribution >= 4 is 22.5 Å². The molecule has 0 unspecified atom stereocenters. The zero-order valence-electron chi connectivity index (χ0n) is 13.8. The van der Waals surface area contributed by atoms with Gasteiger partial charge in [-0.2, -0.15) is 0 Å². The van der Waals surface area contributed by atoms with Gasteiger partial charge in [0, 0.05) is 28.2 Å². The van der Waals surface area contributed by atoms with Crippen LogP contribution in [0.15, 0.2) is 48.7 Å². The van der Waals surface area contributed by atoms with E-state index in [0.29, 0.717) is 16.9 Å². The Bertz CT molecular complexity index is 891. The number of Topliss-reactive ketones (excluding diaryl/α,β-unsaturated/α-hetero) is 2. The second-order valence-corrected chi connectivity index (χ2v) is 5.69. The molecule has 0 aliphatic heterocycles. The van der Waals surface area contributed by atoms with Gasteiger partial charge in [0.25, 0.3) is 0 Å². The number of nitrogens with one attached hydrogen (secondary N) is 1. The quantitative estimate of drug-likeness (QED) is 0.692. The van der Waals surface area contributed by atoms with Crippen LogP contribution in [0.2, 0.25) is 0 Å². The van der Waals surface area contributed by atoms with Gasteiger partial charge in [-0.3, -0.25) is 9.59 Å². The van der Waals surface area contributed by atoms with Gasteiger partial charge in [0.1, 0.15) is 5.75 Å². The molecule has 4 nitrogen and oxygen atoms in total. The Hall–Kier alpha value is -2.88. The van der Waals surface area contributed by atoms with Crippen molar-refractivity contribution in [1.29, 1.82) is 0 Å². The number of carbonyl (C=O) groups excluding carboxylic acids is 2. The van der Waals surface area contributed by atoms with E-state index in [-0.39, 0.29) is 18.2 Å². The van der Waals surface area contributed by atoms with Crippen LogP contribution in [-0.4, -0.2) is 23.2 Å². The second-order valence-electron chi connectivity index (χ2n) is 5.69. The molecule has 1 heterocycles. The van der Waals surface area contributed by atoms with Crippen molar-refractivity contribution in [2.24, 2.45) is 0 Å². The Labute approximate surface area is 140 Å². The first-order chi connectivity index (χ1) is 11.6. The molecule has 0 bridgehead atoms. The molecule has 3 aromatic rings. The molecular formula is C20H19NO3. The molecule has 0 atom stereocenters. The van der Waals surface area contributed by atoms with E-state index < -0.39 is 0 Å². The molecule has 1 aromatic heterocycles. The average Bonchev–Trinajstić information content (AvgIpc) is 3.04. The van der Waals surface area contributed by atoms with Crippen LogP contribution in [0.4, 0.5) is 0 Å². The van der Waals surface area contributed by atoms with E-state index in [4.69, 9.17) is 4.74 Å². The maximum Gasteiger partial charge on any atom is 0.202 e. The minimum Gasteiger partial charge on any atom is -0.485 e. The predicted octanol–water partition coefficient (Wildman–Crippen LogP) is 4.19. The summed E-state index contributed by atoms with van der Waals surface area (Å²) in [6.07, 6.45) is 2.65. The fraction of sp³-hybridized carbons (Fsp3) is 0.200. The number of carbonyl (C=O) groups is 2. The predicted molar refractivity (Wildman–Crippen MR) is 93.9 cm³/mol. The van der Waals surface area contributed by atoms with Crippen LogP contribution in [0.1, 0.15) is 40.1 Å². The SMILES string of the molecule is CCc1cccc2c(C(=O)COc3ccc(C(C)=O)cc3)c[nH]c12. The first kappa shape index (κ1) is 16.0. The third-order valence-electron chi connectivity index (χ3n) is 4.11. The third kappa shape index (κ3) is 3.08. The molecule has 1 N–H and O–H groups in total. The highest BCUT2D eigenvalue weighted by molar-refractivity contribution is 6.09. The highest BCUT2D eigenvalue weighted by Crippen LogP contribution is 2.23. The van der Waals surface area contributed by atoms with Crippen molar-refractivity contribution < 1.29 is 14.3 Å². The summed E-state index contributed by atoms with van der Waals surface area (Å²) in [6, 6.07) is 12.8. The zero-order valence-corrected chi connectivity index (χ0v) is 13.8. The van der Waals surface area contributed by atoms with Crippen LogP contribution in [0.3, 0.4) is 0 Å². The number of ketones is 2. The monoisotopic (exact) mass is 321 g/mol. The number of ether oxygens (including phenoxy) is 1. The molecule has 0 spiro atoms. The van der Waals surface area contributed by atoms with Crippen LogP contribution in [-0.2, 0) is 6.42 Å². The molecule has 4 heteroatoms. The molecule has 24 heavy (non-hydrogen) atoms. The highest BCUT2D eigenvalue weighted by Gasteiger charge is 2.14. The molecule has 0 saturated carbocycles. The van der Waals surface area contributed by atoms with Crippen molar-refractivity contribution in [3.05, 3.63) is 65.4 Å². The van der Waals surface area contributed by atoms with Gasteiger partial charge < -0.3 is 9.72 Å². The fourth-order valence-corrected chi connectivity index (χ4v) is 2.75. The number of H-pyrrole nitrogens is 1. The van der Waals surface area contributed by atoms with E-state index in [1.165, 1.54) is 12.5 Å². The van der Waals surface area contributed by atoms with E-state index >= 15 is 0 Å². The van der Waals surface area contributed by atoms with Crippen molar-refractivity contribution in [2.45, 2.75) is 20.3 Å². The minimum atomic E-state index is -0.0786. The van der Waals surface area contributed by atoms with Crippen LogP contribution in [0.5, 0.6) is 5.75 Å². The number of aromatic amines is 1. The summed E-state index contributed by atoms with van der Waals surface area (Å²) in [6.45, 7) is 3.56. The summed E-state index contributed by atoms with van der Waals surface area (Å²) in [7, 11) is 0. The fourth-order valence-electron chi connectivity index (χ4n) is 2.75. The normalized spacial score (nSPS) is 10.8. The lowest BCUT2D eigenvalue weighted by atomic mass is 10.1. The topological polar surface area (TPSA) is 59.2 Å². The summed E-state index contributed by atoms with van der Waals surface area (Å²) in [5, 5.41) is 0.926. The van der Waals surface area contributed by atoms with Crippen molar-refractivity contribution in [3.63, 3.8) is 0 Å². The lowest BCUT2D eigenvalue weighted by Crippen LogP contribution is -2.11. The molecule has 122 valence electrons. The molecule has 0 aliphatic rings. The molecule has 0 aliphatic carbocycles. The smallest absolute Gasteiger partial charge is 0.202 e. The third-order valence-corrected chi connectivity index (χ3v) is 4.11. The number of para-hydroxylation sites is 1. The number of hydrogen-bond donors (Lipinski definition) is 1. The summed E-state index contributed by atoms with van der Waals surface area (Å²) in [4.78, 5) is 26.9. The van der Waals surface area contributed by atoms with E-state index in [1.54, 1.807) is 30.5 Å². The summed E-state index contributed by atoms with van der Waals surface area (Å²) in [5.74, 6) is 0.496. The second kappa shape index (κ2) is 6.71. The molecule has 3 rings (SSSR count). The Balaban J connectivity index is 1.74. The Morgan fingerprint density at radius 1 is 1.08 bits per heavy atom. The van der Waals surface area contributed by atoms with Gasteiger partial charge in [-0.05, 0) is 43.2 Å². The number of rotatable bonds is 6. The number of aryl methyl sites for hydroxylation is 1. The zero-order chi connectivity index (χ0) is 17.1. The minimum absolute atomic E-state index is 0.00291. The van der Waals surface area contributed by atoms with Gasteiger partial charge in [-0.15, -0.1) is 0 Å². The van der Waals surface area contributed by atoms with Crippen LogP contribution >= 0.6 is 0 Å². The molecule has 0 fully saturated rings. The molecule has 0 radical (unpaired) electrons. The Morgan fingerprint density at radius 3 is 2.50 bits per heavy atom. The first-order valence-corrected chi connectivity index (χ1v) is 7.96.